The first-order valence-corrected chi connectivity index (χ1v) is 12.0. The van der Waals surface area contributed by atoms with Crippen LogP contribution in [0.3, 0.4) is 0 Å². The Morgan fingerprint density at radius 2 is 2.00 bits per heavy atom. The Labute approximate surface area is 197 Å². The maximum absolute atomic E-state index is 12.6. The van der Waals surface area contributed by atoms with E-state index >= 15 is 0 Å². The molecule has 1 aliphatic rings. The summed E-state index contributed by atoms with van der Waals surface area (Å²) in [5, 5.41) is 10.7. The third-order valence-corrected chi connectivity index (χ3v) is 7.19. The zero-order valence-electron chi connectivity index (χ0n) is 16.5. The number of halogens is 2. The molecule has 0 aliphatic carbocycles. The molecule has 1 aromatic carbocycles. The molecule has 0 radical (unpaired) electrons. The van der Waals surface area contributed by atoms with Gasteiger partial charge in [-0.25, -0.2) is 4.98 Å². The Bertz CT molecular complexity index is 1230. The second-order valence-electron chi connectivity index (χ2n) is 7.42. The molecular formula is C22H19BrClN5OS. The first-order chi connectivity index (χ1) is 15.1. The van der Waals surface area contributed by atoms with Crippen molar-refractivity contribution < 1.29 is 4.79 Å². The minimum atomic E-state index is 0.122. The number of piperidine rings is 1. The molecule has 0 bridgehead atoms. The smallest absolute Gasteiger partial charge is 0.263 e. The Hall–Kier alpha value is -2.42. The van der Waals surface area contributed by atoms with Crippen molar-refractivity contribution in [1.29, 1.82) is 0 Å². The molecule has 0 unspecified atom stereocenters. The topological polar surface area (TPSA) is 62.5 Å². The Morgan fingerprint density at radius 3 is 2.74 bits per heavy atom. The van der Waals surface area contributed by atoms with Crippen molar-refractivity contribution in [2.75, 3.05) is 18.4 Å². The molecule has 158 valence electrons. The molecule has 0 saturated carbocycles. The number of carbonyl (C=O) groups is 1. The zero-order chi connectivity index (χ0) is 21.4. The first-order valence-electron chi connectivity index (χ1n) is 9.98. The summed E-state index contributed by atoms with van der Waals surface area (Å²) in [7, 11) is 0. The summed E-state index contributed by atoms with van der Waals surface area (Å²) >= 11 is 11.5. The van der Waals surface area contributed by atoms with Crippen molar-refractivity contribution in [3.63, 3.8) is 0 Å². The van der Waals surface area contributed by atoms with Crippen molar-refractivity contribution in [1.82, 2.24) is 19.5 Å². The second-order valence-corrected chi connectivity index (χ2v) is 9.63. The van der Waals surface area contributed by atoms with Crippen LogP contribution in [0.25, 0.3) is 16.9 Å². The van der Waals surface area contributed by atoms with Gasteiger partial charge in [-0.15, -0.1) is 11.3 Å². The van der Waals surface area contributed by atoms with Gasteiger partial charge in [0.2, 0.25) is 0 Å². The number of likely N-dealkylation sites (tertiary alicyclic amines) is 1. The van der Waals surface area contributed by atoms with Gasteiger partial charge in [0, 0.05) is 35.8 Å². The van der Waals surface area contributed by atoms with E-state index in [1.807, 2.05) is 52.7 Å². The quantitative estimate of drug-likeness (QED) is 0.384. The van der Waals surface area contributed by atoms with Crippen LogP contribution in [0.5, 0.6) is 0 Å². The predicted octanol–water partition coefficient (Wildman–Crippen LogP) is 5.59. The average molecular weight is 517 g/mol. The van der Waals surface area contributed by atoms with Gasteiger partial charge in [-0.3, -0.25) is 4.79 Å². The average Bonchev–Trinajstić information content (AvgIpc) is 3.45. The van der Waals surface area contributed by atoms with E-state index in [-0.39, 0.29) is 11.9 Å². The van der Waals surface area contributed by atoms with Gasteiger partial charge >= 0.3 is 0 Å². The van der Waals surface area contributed by atoms with Crippen LogP contribution in [0.2, 0.25) is 5.02 Å². The van der Waals surface area contributed by atoms with Gasteiger partial charge in [0.05, 0.1) is 21.2 Å². The van der Waals surface area contributed by atoms with E-state index in [0.29, 0.717) is 5.02 Å². The number of fused-ring (bicyclic) bond motifs is 1. The number of nitrogens with zero attached hydrogens (tertiary/aromatic N) is 4. The number of benzene rings is 1. The van der Waals surface area contributed by atoms with Crippen molar-refractivity contribution in [2.45, 2.75) is 18.9 Å². The SMILES string of the molecule is O=C(c1cccs1)N1CCC(Nc2cc(-c3ccccc3Cl)nc3c(Br)cnn23)CC1. The van der Waals surface area contributed by atoms with E-state index in [9.17, 15) is 4.79 Å². The molecule has 1 saturated heterocycles. The van der Waals surface area contributed by atoms with Crippen LogP contribution in [0, 0.1) is 0 Å². The third-order valence-electron chi connectivity index (χ3n) is 5.44. The third kappa shape index (κ3) is 4.07. The van der Waals surface area contributed by atoms with Gasteiger partial charge in [-0.05, 0) is 46.3 Å². The van der Waals surface area contributed by atoms with Gasteiger partial charge in [0.25, 0.3) is 5.91 Å². The van der Waals surface area contributed by atoms with Gasteiger partial charge in [0.1, 0.15) is 5.82 Å². The fourth-order valence-electron chi connectivity index (χ4n) is 3.84. The number of hydrogen-bond acceptors (Lipinski definition) is 5. The Kier molecular flexibility index (Phi) is 5.69. The van der Waals surface area contributed by atoms with Crippen molar-refractivity contribution >= 4 is 56.2 Å². The molecular weight excluding hydrogens is 498 g/mol. The van der Waals surface area contributed by atoms with E-state index in [1.165, 1.54) is 11.3 Å². The van der Waals surface area contributed by atoms with E-state index < -0.39 is 0 Å². The summed E-state index contributed by atoms with van der Waals surface area (Å²) in [6, 6.07) is 13.7. The normalized spacial score (nSPS) is 14.8. The molecule has 5 rings (SSSR count). The van der Waals surface area contributed by atoms with E-state index in [4.69, 9.17) is 16.6 Å². The minimum Gasteiger partial charge on any atom is -0.367 e. The molecule has 0 atom stereocenters. The maximum atomic E-state index is 12.6. The fraction of sp³-hybridized carbons (Fsp3) is 0.227. The number of hydrogen-bond donors (Lipinski definition) is 1. The highest BCUT2D eigenvalue weighted by molar-refractivity contribution is 9.10. The molecule has 4 heterocycles. The lowest BCUT2D eigenvalue weighted by Crippen LogP contribution is -2.42. The molecule has 0 spiro atoms. The highest BCUT2D eigenvalue weighted by Gasteiger charge is 2.25. The zero-order valence-corrected chi connectivity index (χ0v) is 19.6. The number of amides is 1. The second kappa shape index (κ2) is 8.61. The maximum Gasteiger partial charge on any atom is 0.263 e. The standard InChI is InChI=1S/C22H19BrClN5OS/c23-16-13-25-29-20(12-18(27-21(16)29)15-4-1-2-5-17(15)24)26-14-7-9-28(10-8-14)22(30)19-6-3-11-31-19/h1-6,11-14,26H,7-10H2. The Balaban J connectivity index is 1.38. The van der Waals surface area contributed by atoms with Crippen LogP contribution < -0.4 is 5.32 Å². The summed E-state index contributed by atoms with van der Waals surface area (Å²) in [6.07, 6.45) is 3.47. The summed E-state index contributed by atoms with van der Waals surface area (Å²) in [4.78, 5) is 20.1. The summed E-state index contributed by atoms with van der Waals surface area (Å²) < 4.78 is 2.62. The minimum absolute atomic E-state index is 0.122. The Morgan fingerprint density at radius 1 is 1.19 bits per heavy atom. The molecule has 9 heteroatoms. The van der Waals surface area contributed by atoms with Crippen molar-refractivity contribution in [3.8, 4) is 11.3 Å². The van der Waals surface area contributed by atoms with Crippen molar-refractivity contribution in [2.24, 2.45) is 0 Å². The number of thiophene rings is 1. The van der Waals surface area contributed by atoms with Gasteiger partial charge in [-0.2, -0.15) is 9.61 Å². The van der Waals surface area contributed by atoms with Gasteiger partial charge in [0.15, 0.2) is 5.65 Å². The summed E-state index contributed by atoms with van der Waals surface area (Å²) in [5.74, 6) is 0.977. The van der Waals surface area contributed by atoms with E-state index in [2.05, 4.69) is 26.3 Å². The molecule has 31 heavy (non-hydrogen) atoms. The van der Waals surface area contributed by atoms with Crippen LogP contribution in [0.15, 0.2) is 58.5 Å². The van der Waals surface area contributed by atoms with Crippen LogP contribution in [0.1, 0.15) is 22.5 Å². The fourth-order valence-corrected chi connectivity index (χ4v) is 5.11. The lowest BCUT2D eigenvalue weighted by molar-refractivity contribution is 0.0723. The van der Waals surface area contributed by atoms with Crippen LogP contribution >= 0.6 is 38.9 Å². The molecule has 1 aliphatic heterocycles. The monoisotopic (exact) mass is 515 g/mol. The number of anilines is 1. The van der Waals surface area contributed by atoms with Gasteiger partial charge in [-0.1, -0.05) is 35.9 Å². The molecule has 3 aromatic heterocycles. The molecule has 1 fully saturated rings. The van der Waals surface area contributed by atoms with E-state index in [0.717, 1.165) is 58.0 Å². The number of carbonyl (C=O) groups excluding carboxylic acids is 1. The molecule has 4 aromatic rings. The number of rotatable bonds is 4. The van der Waals surface area contributed by atoms with Crippen LogP contribution in [0.4, 0.5) is 5.82 Å². The van der Waals surface area contributed by atoms with Gasteiger partial charge < -0.3 is 10.2 Å². The molecule has 1 amide bonds. The first kappa shape index (κ1) is 20.5. The van der Waals surface area contributed by atoms with Crippen molar-refractivity contribution in [3.05, 3.63) is 68.4 Å². The lowest BCUT2D eigenvalue weighted by Gasteiger charge is -2.32. The molecule has 6 nitrogen and oxygen atoms in total. The predicted molar refractivity (Wildman–Crippen MR) is 128 cm³/mol. The molecule has 1 N–H and O–H groups in total. The highest BCUT2D eigenvalue weighted by atomic mass is 79.9. The summed E-state index contributed by atoms with van der Waals surface area (Å²) in [6.45, 7) is 1.45. The number of nitrogens with one attached hydrogen (secondary N) is 1. The summed E-state index contributed by atoms with van der Waals surface area (Å²) in [5.41, 5.74) is 2.39. The van der Waals surface area contributed by atoms with Crippen LogP contribution in [-0.2, 0) is 0 Å². The van der Waals surface area contributed by atoms with Crippen LogP contribution in [-0.4, -0.2) is 44.5 Å². The lowest BCUT2D eigenvalue weighted by atomic mass is 10.0. The highest BCUT2D eigenvalue weighted by Crippen LogP contribution is 2.31. The number of aromatic nitrogens is 3. The van der Waals surface area contributed by atoms with E-state index in [1.54, 1.807) is 10.7 Å². The largest absolute Gasteiger partial charge is 0.367 e.